The third-order valence-electron chi connectivity index (χ3n) is 4.03. The molecule has 0 atom stereocenters. The van der Waals surface area contributed by atoms with Crippen molar-refractivity contribution in [1.29, 1.82) is 0 Å². The van der Waals surface area contributed by atoms with Gasteiger partial charge in [0.25, 0.3) is 0 Å². The number of amides is 1. The van der Waals surface area contributed by atoms with Crippen molar-refractivity contribution in [3.8, 4) is 0 Å². The molecular weight excluding hydrogens is 298 g/mol. The van der Waals surface area contributed by atoms with Gasteiger partial charge in [0.2, 0.25) is 5.91 Å². The van der Waals surface area contributed by atoms with E-state index in [9.17, 15) is 4.79 Å². The minimum atomic E-state index is 0. The number of halogens is 1. The maximum absolute atomic E-state index is 12.1. The Balaban J connectivity index is 0.00000242. The minimum absolute atomic E-state index is 0. The lowest BCUT2D eigenvalue weighted by molar-refractivity contribution is -0.117. The van der Waals surface area contributed by atoms with Gasteiger partial charge in [-0.3, -0.25) is 9.69 Å². The van der Waals surface area contributed by atoms with E-state index >= 15 is 0 Å². The van der Waals surface area contributed by atoms with Gasteiger partial charge in [-0.15, -0.1) is 12.4 Å². The average molecular weight is 326 g/mol. The van der Waals surface area contributed by atoms with E-state index in [-0.39, 0.29) is 23.7 Å². The first-order chi connectivity index (χ1) is 9.84. The van der Waals surface area contributed by atoms with Crippen LogP contribution in [0.15, 0.2) is 24.3 Å². The number of nitrogens with zero attached hydrogens (tertiary/aromatic N) is 1. The Morgan fingerprint density at radius 1 is 1.23 bits per heavy atom. The van der Waals surface area contributed by atoms with Gasteiger partial charge in [0.15, 0.2) is 0 Å². The number of hydrogen-bond donors (Lipinski definition) is 2. The topological polar surface area (TPSA) is 58.4 Å². The lowest BCUT2D eigenvalue weighted by Gasteiger charge is -2.29. The summed E-state index contributed by atoms with van der Waals surface area (Å²) in [5, 5.41) is 2.97. The molecule has 22 heavy (non-hydrogen) atoms. The van der Waals surface area contributed by atoms with E-state index in [1.165, 1.54) is 5.56 Å². The molecule has 0 saturated carbocycles. The quantitative estimate of drug-likeness (QED) is 0.898. The normalized spacial score (nSPS) is 16.9. The van der Waals surface area contributed by atoms with E-state index < -0.39 is 0 Å². The molecule has 1 heterocycles. The zero-order valence-electron chi connectivity index (χ0n) is 13.8. The van der Waals surface area contributed by atoms with E-state index in [0.717, 1.165) is 31.6 Å². The Bertz CT molecular complexity index is 474. The second-order valence-corrected chi connectivity index (χ2v) is 6.99. The lowest BCUT2D eigenvalue weighted by Crippen LogP contribution is -2.43. The van der Waals surface area contributed by atoms with Crippen LogP contribution in [-0.2, 0) is 10.2 Å². The summed E-state index contributed by atoms with van der Waals surface area (Å²) in [7, 11) is 0. The van der Waals surface area contributed by atoms with Crippen molar-refractivity contribution in [1.82, 2.24) is 4.90 Å². The van der Waals surface area contributed by atoms with Crippen molar-refractivity contribution in [2.75, 3.05) is 25.0 Å². The third kappa shape index (κ3) is 5.59. The van der Waals surface area contributed by atoms with E-state index in [0.29, 0.717) is 12.6 Å². The first-order valence-electron chi connectivity index (χ1n) is 7.73. The predicted molar refractivity (Wildman–Crippen MR) is 94.7 cm³/mol. The molecule has 1 aliphatic heterocycles. The van der Waals surface area contributed by atoms with Crippen molar-refractivity contribution < 1.29 is 4.79 Å². The number of nitrogens with two attached hydrogens (primary N) is 1. The van der Waals surface area contributed by atoms with Gasteiger partial charge in [-0.25, -0.2) is 0 Å². The molecule has 0 radical (unpaired) electrons. The molecule has 5 heteroatoms. The second-order valence-electron chi connectivity index (χ2n) is 6.99. The molecule has 1 fully saturated rings. The highest BCUT2D eigenvalue weighted by molar-refractivity contribution is 5.92. The van der Waals surface area contributed by atoms with E-state index in [4.69, 9.17) is 5.73 Å². The lowest BCUT2D eigenvalue weighted by atomic mass is 9.87. The van der Waals surface area contributed by atoms with E-state index in [1.807, 2.05) is 12.1 Å². The molecule has 124 valence electrons. The number of likely N-dealkylation sites (tertiary alicyclic amines) is 1. The molecule has 0 spiro atoms. The molecule has 1 amide bonds. The highest BCUT2D eigenvalue weighted by Crippen LogP contribution is 2.23. The molecule has 0 aliphatic carbocycles. The summed E-state index contributed by atoms with van der Waals surface area (Å²) in [5.41, 5.74) is 8.14. The molecule has 0 bridgehead atoms. The molecule has 1 aromatic rings. The van der Waals surface area contributed by atoms with Gasteiger partial charge in [-0.2, -0.15) is 0 Å². The highest BCUT2D eigenvalue weighted by atomic mass is 35.5. The fourth-order valence-corrected chi connectivity index (χ4v) is 2.57. The van der Waals surface area contributed by atoms with Crippen LogP contribution < -0.4 is 11.1 Å². The van der Waals surface area contributed by atoms with Crippen molar-refractivity contribution in [3.63, 3.8) is 0 Å². The summed E-state index contributed by atoms with van der Waals surface area (Å²) in [6.07, 6.45) is 1.96. The van der Waals surface area contributed by atoms with Gasteiger partial charge in [-0.1, -0.05) is 32.9 Å². The molecule has 3 N–H and O–H groups in total. The Labute approximate surface area is 139 Å². The van der Waals surface area contributed by atoms with Crippen molar-refractivity contribution in [2.45, 2.75) is 45.1 Å². The number of hydrogen-bond acceptors (Lipinski definition) is 3. The smallest absolute Gasteiger partial charge is 0.238 e. The Hall–Kier alpha value is -1.10. The maximum atomic E-state index is 12.1. The molecular formula is C17H28ClN3O. The maximum Gasteiger partial charge on any atom is 0.238 e. The number of carbonyl (C=O) groups is 1. The summed E-state index contributed by atoms with van der Waals surface area (Å²) in [6.45, 7) is 8.83. The van der Waals surface area contributed by atoms with Crippen LogP contribution in [-0.4, -0.2) is 36.5 Å². The second kappa shape index (κ2) is 7.95. The average Bonchev–Trinajstić information content (AvgIpc) is 2.41. The van der Waals surface area contributed by atoms with Crippen LogP contribution in [0.5, 0.6) is 0 Å². The Kier molecular flexibility index (Phi) is 6.85. The van der Waals surface area contributed by atoms with Crippen LogP contribution in [0.1, 0.15) is 39.2 Å². The number of benzene rings is 1. The molecule has 4 nitrogen and oxygen atoms in total. The van der Waals surface area contributed by atoms with Gasteiger partial charge in [0.05, 0.1) is 6.54 Å². The summed E-state index contributed by atoms with van der Waals surface area (Å²) >= 11 is 0. The summed E-state index contributed by atoms with van der Waals surface area (Å²) in [4.78, 5) is 14.2. The number of piperidine rings is 1. The van der Waals surface area contributed by atoms with Gasteiger partial charge < -0.3 is 11.1 Å². The highest BCUT2D eigenvalue weighted by Gasteiger charge is 2.18. The zero-order chi connectivity index (χ0) is 15.5. The van der Waals surface area contributed by atoms with Gasteiger partial charge in [-0.05, 0) is 36.0 Å². The molecule has 0 aromatic heterocycles. The fraction of sp³-hybridized carbons (Fsp3) is 0.588. The summed E-state index contributed by atoms with van der Waals surface area (Å²) < 4.78 is 0. The molecule has 2 rings (SSSR count). The van der Waals surface area contributed by atoms with E-state index in [1.54, 1.807) is 0 Å². The van der Waals surface area contributed by atoms with Crippen LogP contribution in [0, 0.1) is 0 Å². The largest absolute Gasteiger partial charge is 0.328 e. The van der Waals surface area contributed by atoms with Crippen molar-refractivity contribution in [2.24, 2.45) is 5.73 Å². The van der Waals surface area contributed by atoms with Crippen LogP contribution in [0.2, 0.25) is 0 Å². The van der Waals surface area contributed by atoms with Crippen LogP contribution in [0.4, 0.5) is 5.69 Å². The molecule has 1 aromatic carbocycles. The van der Waals surface area contributed by atoms with Crippen LogP contribution in [0.3, 0.4) is 0 Å². The standard InChI is InChI=1S/C17H27N3O.ClH/c1-17(2,3)13-4-6-15(7-5-13)19-16(21)12-20-10-8-14(18)9-11-20;/h4-7,14H,8-12,18H2,1-3H3,(H,19,21);1H. The molecule has 0 unspecified atom stereocenters. The summed E-state index contributed by atoms with van der Waals surface area (Å²) in [6, 6.07) is 8.41. The minimum Gasteiger partial charge on any atom is -0.328 e. The number of carbonyl (C=O) groups excluding carboxylic acids is 1. The van der Waals surface area contributed by atoms with Crippen LogP contribution in [0.25, 0.3) is 0 Å². The first kappa shape index (κ1) is 18.9. The third-order valence-corrected chi connectivity index (χ3v) is 4.03. The monoisotopic (exact) mass is 325 g/mol. The number of nitrogens with one attached hydrogen (secondary N) is 1. The van der Waals surface area contributed by atoms with Crippen molar-refractivity contribution in [3.05, 3.63) is 29.8 Å². The van der Waals surface area contributed by atoms with Gasteiger partial charge in [0.1, 0.15) is 0 Å². The number of anilines is 1. The predicted octanol–water partition coefficient (Wildman–Crippen LogP) is 2.77. The van der Waals surface area contributed by atoms with E-state index in [2.05, 4.69) is 43.1 Å². The van der Waals surface area contributed by atoms with Crippen molar-refractivity contribution >= 4 is 24.0 Å². The van der Waals surface area contributed by atoms with Gasteiger partial charge in [0, 0.05) is 24.8 Å². The fourth-order valence-electron chi connectivity index (χ4n) is 2.57. The van der Waals surface area contributed by atoms with Gasteiger partial charge >= 0.3 is 0 Å². The number of rotatable bonds is 3. The first-order valence-corrected chi connectivity index (χ1v) is 7.73. The summed E-state index contributed by atoms with van der Waals surface area (Å²) in [5.74, 6) is 0.0500. The molecule has 1 aliphatic rings. The Morgan fingerprint density at radius 3 is 2.27 bits per heavy atom. The Morgan fingerprint density at radius 2 is 1.77 bits per heavy atom. The SMILES string of the molecule is CC(C)(C)c1ccc(NC(=O)CN2CCC(N)CC2)cc1.Cl. The zero-order valence-corrected chi connectivity index (χ0v) is 14.6. The molecule has 1 saturated heterocycles. The van der Waals surface area contributed by atoms with Crippen LogP contribution >= 0.6 is 12.4 Å².